The molecule has 41 heavy (non-hydrogen) atoms. The number of benzene rings is 1. The van der Waals surface area contributed by atoms with Crippen LogP contribution in [0.4, 0.5) is 19.0 Å². The summed E-state index contributed by atoms with van der Waals surface area (Å²) >= 11 is 5.95. The number of hydrogen-bond acceptors (Lipinski definition) is 8. The Labute approximate surface area is 235 Å². The van der Waals surface area contributed by atoms with Gasteiger partial charge in [-0.3, -0.25) is 29.3 Å². The van der Waals surface area contributed by atoms with E-state index in [0.29, 0.717) is 17.5 Å². The van der Waals surface area contributed by atoms with E-state index in [1.807, 2.05) is 0 Å². The van der Waals surface area contributed by atoms with Gasteiger partial charge in [0.1, 0.15) is 17.6 Å². The van der Waals surface area contributed by atoms with E-state index < -0.39 is 47.2 Å². The van der Waals surface area contributed by atoms with Crippen molar-refractivity contribution in [3.05, 3.63) is 93.9 Å². The van der Waals surface area contributed by atoms with Crippen molar-refractivity contribution in [3.8, 4) is 0 Å². The number of halogens is 4. The average molecular weight is 582 g/mol. The molecule has 0 unspecified atom stereocenters. The van der Waals surface area contributed by atoms with Crippen molar-refractivity contribution in [3.63, 3.8) is 0 Å². The molecule has 13 heteroatoms. The fourth-order valence-electron chi connectivity index (χ4n) is 5.42. The Balaban J connectivity index is 1.29. The minimum Gasteiger partial charge on any atom is -0.506 e. The van der Waals surface area contributed by atoms with Crippen molar-refractivity contribution in [1.82, 2.24) is 14.9 Å². The Kier molecular flexibility index (Phi) is 6.37. The number of rotatable bonds is 6. The van der Waals surface area contributed by atoms with Gasteiger partial charge in [0, 0.05) is 36.6 Å². The summed E-state index contributed by atoms with van der Waals surface area (Å²) in [4.78, 5) is 54.3. The van der Waals surface area contributed by atoms with Gasteiger partial charge in [-0.2, -0.15) is 13.2 Å². The third-order valence-electron chi connectivity index (χ3n) is 7.29. The molecule has 1 aliphatic carbocycles. The van der Waals surface area contributed by atoms with E-state index in [-0.39, 0.29) is 46.5 Å². The smallest absolute Gasteiger partial charge is 0.417 e. The minimum absolute atomic E-state index is 0.0191. The monoisotopic (exact) mass is 581 g/mol. The largest absolute Gasteiger partial charge is 0.506 e. The molecule has 2 amide bonds. The van der Waals surface area contributed by atoms with Gasteiger partial charge in [-0.1, -0.05) is 41.9 Å². The van der Waals surface area contributed by atoms with E-state index in [0.717, 1.165) is 11.0 Å². The van der Waals surface area contributed by atoms with Crippen molar-refractivity contribution in [2.24, 2.45) is 16.8 Å². The van der Waals surface area contributed by atoms with Gasteiger partial charge in [0.2, 0.25) is 11.8 Å². The summed E-state index contributed by atoms with van der Waals surface area (Å²) < 4.78 is 38.8. The van der Waals surface area contributed by atoms with Crippen LogP contribution in [0.1, 0.15) is 33.2 Å². The van der Waals surface area contributed by atoms with Gasteiger partial charge in [0.05, 0.1) is 39.4 Å². The zero-order valence-corrected chi connectivity index (χ0v) is 21.6. The molecule has 2 aromatic heterocycles. The van der Waals surface area contributed by atoms with Crippen LogP contribution in [0.15, 0.2) is 71.5 Å². The van der Waals surface area contributed by atoms with Crippen LogP contribution in [0.2, 0.25) is 5.02 Å². The molecule has 6 rings (SSSR count). The number of aliphatic hydroxyl groups excluding tert-OH is 1. The lowest BCUT2D eigenvalue weighted by Crippen LogP contribution is -2.37. The Morgan fingerprint density at radius 1 is 1.00 bits per heavy atom. The van der Waals surface area contributed by atoms with Gasteiger partial charge >= 0.3 is 6.18 Å². The number of likely N-dealkylation sites (tertiary alicyclic amines) is 1. The van der Waals surface area contributed by atoms with Crippen molar-refractivity contribution < 1.29 is 32.7 Å². The highest BCUT2D eigenvalue weighted by molar-refractivity contribution is 6.40. The second-order valence-corrected chi connectivity index (χ2v) is 10.0. The number of nitrogens with zero attached hydrogens (tertiary/aromatic N) is 4. The third kappa shape index (κ3) is 4.34. The summed E-state index contributed by atoms with van der Waals surface area (Å²) in [5.74, 6) is -4.17. The molecule has 0 radical (unpaired) electrons. The molecular formula is C28H19ClF3N5O4. The van der Waals surface area contributed by atoms with E-state index in [1.165, 1.54) is 6.20 Å². The molecule has 3 aromatic rings. The Hall–Kier alpha value is -4.58. The molecule has 0 bridgehead atoms. The maximum Gasteiger partial charge on any atom is 0.417 e. The summed E-state index contributed by atoms with van der Waals surface area (Å²) in [7, 11) is 0. The maximum absolute atomic E-state index is 13.7. The number of Topliss-reactive ketones (excluding diaryl/α,β-unsaturated/α-hetero) is 1. The Morgan fingerprint density at radius 2 is 1.73 bits per heavy atom. The van der Waals surface area contributed by atoms with Gasteiger partial charge in [-0.05, 0) is 18.2 Å². The highest BCUT2D eigenvalue weighted by Gasteiger charge is 2.59. The maximum atomic E-state index is 13.7. The number of alkyl halides is 3. The Morgan fingerprint density at radius 3 is 2.39 bits per heavy atom. The highest BCUT2D eigenvalue weighted by Crippen LogP contribution is 2.48. The number of aromatic nitrogens is 2. The predicted molar refractivity (Wildman–Crippen MR) is 141 cm³/mol. The number of fused-ring (bicyclic) bond motifs is 2. The number of carbonyl (C=O) groups excluding carboxylic acids is 3. The van der Waals surface area contributed by atoms with Gasteiger partial charge in [0.15, 0.2) is 5.78 Å². The van der Waals surface area contributed by atoms with Crippen LogP contribution in [0.25, 0.3) is 5.76 Å². The molecule has 9 nitrogen and oxygen atoms in total. The number of allylic oxidation sites excluding steroid dienone is 1. The Bertz CT molecular complexity index is 1670. The number of amides is 2. The van der Waals surface area contributed by atoms with Crippen LogP contribution in [0.3, 0.4) is 0 Å². The highest BCUT2D eigenvalue weighted by atomic mass is 35.5. The fraction of sp³-hybridized carbons (Fsp3) is 0.214. The van der Waals surface area contributed by atoms with Crippen LogP contribution in [-0.2, 0) is 15.8 Å². The van der Waals surface area contributed by atoms with Crippen LogP contribution in [0, 0.1) is 11.8 Å². The van der Waals surface area contributed by atoms with Crippen LogP contribution >= 0.6 is 11.6 Å². The van der Waals surface area contributed by atoms with Crippen molar-refractivity contribution in [2.45, 2.75) is 12.2 Å². The van der Waals surface area contributed by atoms with Crippen LogP contribution in [-0.4, -0.2) is 56.4 Å². The number of carbonyl (C=O) groups is 3. The number of anilines is 1. The molecule has 208 valence electrons. The SMILES string of the molecule is O=C1C(C2=N[C@H](c3ccccn3)[C@@H]3C(=O)N(CCNc4ncc(C(F)(F)F)cc4Cl)C(=O)[C@H]23)=C(O)c2ccccc21. The van der Waals surface area contributed by atoms with Gasteiger partial charge in [-0.15, -0.1) is 0 Å². The molecule has 3 atom stereocenters. The van der Waals surface area contributed by atoms with Gasteiger partial charge in [-0.25, -0.2) is 4.98 Å². The van der Waals surface area contributed by atoms with Crippen LogP contribution in [0.5, 0.6) is 0 Å². The number of imide groups is 1. The quantitative estimate of drug-likeness (QED) is 0.410. The number of aliphatic hydroxyl groups is 1. The molecule has 1 saturated heterocycles. The molecule has 1 aromatic carbocycles. The normalized spacial score (nSPS) is 21.9. The van der Waals surface area contributed by atoms with E-state index in [9.17, 15) is 32.7 Å². The summed E-state index contributed by atoms with van der Waals surface area (Å²) in [6.45, 7) is -0.223. The van der Waals surface area contributed by atoms with E-state index in [4.69, 9.17) is 11.6 Å². The van der Waals surface area contributed by atoms with Crippen molar-refractivity contribution >= 4 is 46.5 Å². The fourth-order valence-corrected chi connectivity index (χ4v) is 5.65. The van der Waals surface area contributed by atoms with Crippen LogP contribution < -0.4 is 5.32 Å². The summed E-state index contributed by atoms with van der Waals surface area (Å²) in [6.07, 6.45) is -2.46. The van der Waals surface area contributed by atoms with Crippen molar-refractivity contribution in [2.75, 3.05) is 18.4 Å². The number of aliphatic imine (C=N–C) groups is 1. The lowest BCUT2D eigenvalue weighted by Gasteiger charge is -2.18. The summed E-state index contributed by atoms with van der Waals surface area (Å²) in [5.41, 5.74) is -0.125. The lowest BCUT2D eigenvalue weighted by molar-refractivity contribution is -0.140. The minimum atomic E-state index is -4.61. The molecule has 0 spiro atoms. The predicted octanol–water partition coefficient (Wildman–Crippen LogP) is 4.52. The average Bonchev–Trinajstić information content (AvgIpc) is 3.54. The van der Waals surface area contributed by atoms with E-state index in [1.54, 1.807) is 42.5 Å². The molecule has 3 aliphatic rings. The van der Waals surface area contributed by atoms with Gasteiger partial charge in [0.25, 0.3) is 0 Å². The first kappa shape index (κ1) is 26.6. The van der Waals surface area contributed by atoms with E-state index in [2.05, 4.69) is 20.3 Å². The number of nitrogens with one attached hydrogen (secondary N) is 1. The summed E-state index contributed by atoms with van der Waals surface area (Å²) in [5, 5.41) is 13.5. The molecule has 2 aliphatic heterocycles. The molecular weight excluding hydrogens is 563 g/mol. The van der Waals surface area contributed by atoms with E-state index >= 15 is 0 Å². The zero-order valence-electron chi connectivity index (χ0n) is 20.9. The third-order valence-corrected chi connectivity index (χ3v) is 7.58. The first-order valence-electron chi connectivity index (χ1n) is 12.5. The number of ketones is 1. The first-order valence-corrected chi connectivity index (χ1v) is 12.8. The second-order valence-electron chi connectivity index (χ2n) is 9.62. The standard InChI is InChI=1S/C28H19ClF3N5O4/c29-16-11-13(28(30,31)32)12-35-25(16)34-9-10-37-26(40)18-19(27(37)41)22(36-21(18)17-7-3-4-8-33-17)20-23(38)14-5-1-2-6-15(14)24(20)39/h1-8,11-12,18-19,21,38H,9-10H2,(H,34,35)/t18-,19+,21-/m1/s1. The topological polar surface area (TPSA) is 125 Å². The number of pyridine rings is 2. The number of hydrogen-bond donors (Lipinski definition) is 2. The van der Waals surface area contributed by atoms with Gasteiger partial charge < -0.3 is 10.4 Å². The molecule has 1 fully saturated rings. The first-order chi connectivity index (χ1) is 19.6. The molecule has 4 heterocycles. The summed E-state index contributed by atoms with van der Waals surface area (Å²) in [6, 6.07) is 11.4. The molecule has 0 saturated carbocycles. The zero-order chi connectivity index (χ0) is 29.1. The molecule has 2 N–H and O–H groups in total. The second kappa shape index (κ2) is 9.81. The van der Waals surface area contributed by atoms with Crippen molar-refractivity contribution in [1.29, 1.82) is 0 Å². The lowest BCUT2D eigenvalue weighted by atomic mass is 9.84.